The molecule has 2 heteroatoms. The van der Waals surface area contributed by atoms with E-state index in [1.165, 1.54) is 30.6 Å². The molecule has 0 fully saturated rings. The van der Waals surface area contributed by atoms with Gasteiger partial charge in [0.15, 0.2) is 0 Å². The highest BCUT2D eigenvalue weighted by molar-refractivity contribution is 7.10. The van der Waals surface area contributed by atoms with Crippen molar-refractivity contribution < 1.29 is 0 Å². The Bertz CT molecular complexity index is 300. The zero-order valence-corrected chi connectivity index (χ0v) is 9.22. The first kappa shape index (κ1) is 9.94. The fourth-order valence-corrected chi connectivity index (χ4v) is 2.70. The number of rotatable bonds is 3. The van der Waals surface area contributed by atoms with Gasteiger partial charge in [0.05, 0.1) is 0 Å². The van der Waals surface area contributed by atoms with Crippen LogP contribution in [0.2, 0.25) is 0 Å². The third kappa shape index (κ3) is 2.46. The van der Waals surface area contributed by atoms with Crippen LogP contribution in [0.25, 0.3) is 0 Å². The Morgan fingerprint density at radius 3 is 3.00 bits per heavy atom. The molecule has 1 nitrogen and oxygen atoms in total. The molecule has 0 bridgehead atoms. The molecule has 0 aliphatic heterocycles. The van der Waals surface area contributed by atoms with Gasteiger partial charge in [-0.2, -0.15) is 0 Å². The summed E-state index contributed by atoms with van der Waals surface area (Å²) >= 11 is 1.77. The average molecular weight is 207 g/mol. The molecule has 0 amide bonds. The molecule has 1 heterocycles. The molecule has 1 aliphatic rings. The second-order valence-electron chi connectivity index (χ2n) is 3.93. The number of hydrogen-bond donors (Lipinski definition) is 1. The van der Waals surface area contributed by atoms with Crippen molar-refractivity contribution >= 4 is 11.3 Å². The molecule has 76 valence electrons. The van der Waals surface area contributed by atoms with E-state index < -0.39 is 0 Å². The molecule has 14 heavy (non-hydrogen) atoms. The topological polar surface area (TPSA) is 26.0 Å². The standard InChI is InChI=1S/C12H17NS/c13-11(12-7-4-8-14-12)9-10-5-2-1-3-6-10/h4-5,7-8,11H,1-3,6,9,13H2. The third-order valence-corrected chi connectivity index (χ3v) is 3.78. The van der Waals surface area contributed by atoms with Gasteiger partial charge in [0.2, 0.25) is 0 Å². The Morgan fingerprint density at radius 1 is 1.43 bits per heavy atom. The van der Waals surface area contributed by atoms with Crippen molar-refractivity contribution in [2.45, 2.75) is 38.1 Å². The lowest BCUT2D eigenvalue weighted by Crippen LogP contribution is -2.10. The van der Waals surface area contributed by atoms with Crippen LogP contribution in [0, 0.1) is 0 Å². The summed E-state index contributed by atoms with van der Waals surface area (Å²) < 4.78 is 0. The summed E-state index contributed by atoms with van der Waals surface area (Å²) in [5.74, 6) is 0. The van der Waals surface area contributed by atoms with Crippen molar-refractivity contribution in [3.8, 4) is 0 Å². The summed E-state index contributed by atoms with van der Waals surface area (Å²) in [6.07, 6.45) is 8.67. The molecule has 1 aromatic heterocycles. The van der Waals surface area contributed by atoms with Crippen molar-refractivity contribution in [2.75, 3.05) is 0 Å². The summed E-state index contributed by atoms with van der Waals surface area (Å²) in [6, 6.07) is 4.44. The molecular weight excluding hydrogens is 190 g/mol. The van der Waals surface area contributed by atoms with Crippen LogP contribution >= 0.6 is 11.3 Å². The van der Waals surface area contributed by atoms with Crippen LogP contribution in [0.15, 0.2) is 29.2 Å². The minimum absolute atomic E-state index is 0.222. The summed E-state index contributed by atoms with van der Waals surface area (Å²) in [5.41, 5.74) is 7.71. The van der Waals surface area contributed by atoms with Crippen molar-refractivity contribution in [1.82, 2.24) is 0 Å². The molecule has 2 N–H and O–H groups in total. The van der Waals surface area contributed by atoms with Crippen LogP contribution < -0.4 is 5.73 Å². The predicted molar refractivity (Wildman–Crippen MR) is 62.4 cm³/mol. The largest absolute Gasteiger partial charge is 0.323 e. The van der Waals surface area contributed by atoms with E-state index in [0.717, 1.165) is 6.42 Å². The average Bonchev–Trinajstić information content (AvgIpc) is 2.72. The van der Waals surface area contributed by atoms with Gasteiger partial charge in [-0.05, 0) is 43.6 Å². The van der Waals surface area contributed by atoms with E-state index in [0.29, 0.717) is 0 Å². The van der Waals surface area contributed by atoms with Gasteiger partial charge in [-0.3, -0.25) is 0 Å². The summed E-state index contributed by atoms with van der Waals surface area (Å²) in [6.45, 7) is 0. The van der Waals surface area contributed by atoms with E-state index in [2.05, 4.69) is 23.6 Å². The van der Waals surface area contributed by atoms with Gasteiger partial charge >= 0.3 is 0 Å². The zero-order valence-electron chi connectivity index (χ0n) is 8.41. The lowest BCUT2D eigenvalue weighted by atomic mass is 9.94. The van der Waals surface area contributed by atoms with Gasteiger partial charge in [-0.1, -0.05) is 17.7 Å². The Labute approximate surface area is 89.6 Å². The molecule has 0 aromatic carbocycles. The smallest absolute Gasteiger partial charge is 0.0427 e. The quantitative estimate of drug-likeness (QED) is 0.752. The molecule has 1 atom stereocenters. The van der Waals surface area contributed by atoms with Crippen LogP contribution in [0.5, 0.6) is 0 Å². The van der Waals surface area contributed by atoms with Gasteiger partial charge in [0, 0.05) is 10.9 Å². The van der Waals surface area contributed by atoms with Crippen molar-refractivity contribution in [3.63, 3.8) is 0 Å². The molecule has 0 saturated carbocycles. The maximum atomic E-state index is 6.14. The van der Waals surface area contributed by atoms with Gasteiger partial charge < -0.3 is 5.73 Å². The van der Waals surface area contributed by atoms with Crippen molar-refractivity contribution in [3.05, 3.63) is 34.0 Å². The number of nitrogens with two attached hydrogens (primary N) is 1. The van der Waals surface area contributed by atoms with Gasteiger partial charge in [0.25, 0.3) is 0 Å². The van der Waals surface area contributed by atoms with Crippen molar-refractivity contribution in [2.24, 2.45) is 5.73 Å². The van der Waals surface area contributed by atoms with E-state index in [1.807, 2.05) is 0 Å². The van der Waals surface area contributed by atoms with E-state index in [-0.39, 0.29) is 6.04 Å². The highest BCUT2D eigenvalue weighted by Gasteiger charge is 2.11. The maximum absolute atomic E-state index is 6.14. The van der Waals surface area contributed by atoms with Crippen LogP contribution in [-0.2, 0) is 0 Å². The minimum atomic E-state index is 0.222. The van der Waals surface area contributed by atoms with Crippen LogP contribution in [-0.4, -0.2) is 0 Å². The van der Waals surface area contributed by atoms with E-state index in [9.17, 15) is 0 Å². The molecule has 0 spiro atoms. The molecular formula is C12H17NS. The maximum Gasteiger partial charge on any atom is 0.0427 e. The highest BCUT2D eigenvalue weighted by Crippen LogP contribution is 2.27. The Hall–Kier alpha value is -0.600. The van der Waals surface area contributed by atoms with Crippen LogP contribution in [0.3, 0.4) is 0 Å². The minimum Gasteiger partial charge on any atom is -0.323 e. The Balaban J connectivity index is 1.94. The number of thiophene rings is 1. The van der Waals surface area contributed by atoms with Crippen LogP contribution in [0.4, 0.5) is 0 Å². The third-order valence-electron chi connectivity index (χ3n) is 2.78. The first-order valence-electron chi connectivity index (χ1n) is 5.33. The van der Waals surface area contributed by atoms with Gasteiger partial charge in [-0.15, -0.1) is 11.3 Å². The van der Waals surface area contributed by atoms with Gasteiger partial charge in [-0.25, -0.2) is 0 Å². The molecule has 1 unspecified atom stereocenters. The molecule has 0 saturated heterocycles. The van der Waals surface area contributed by atoms with Crippen molar-refractivity contribution in [1.29, 1.82) is 0 Å². The molecule has 1 aliphatic carbocycles. The normalized spacial score (nSPS) is 19.1. The fraction of sp³-hybridized carbons (Fsp3) is 0.500. The monoisotopic (exact) mass is 207 g/mol. The number of allylic oxidation sites excluding steroid dienone is 1. The van der Waals surface area contributed by atoms with E-state index in [4.69, 9.17) is 5.73 Å². The SMILES string of the molecule is NC(CC1=CCCCC1)c1cccs1. The van der Waals surface area contributed by atoms with Crippen LogP contribution in [0.1, 0.15) is 43.0 Å². The predicted octanol–water partition coefficient (Wildman–Crippen LogP) is 3.64. The summed E-state index contributed by atoms with van der Waals surface area (Å²) in [4.78, 5) is 1.32. The number of hydrogen-bond acceptors (Lipinski definition) is 2. The van der Waals surface area contributed by atoms with E-state index in [1.54, 1.807) is 16.9 Å². The lowest BCUT2D eigenvalue weighted by molar-refractivity contribution is 0.633. The van der Waals surface area contributed by atoms with E-state index >= 15 is 0 Å². The summed E-state index contributed by atoms with van der Waals surface area (Å²) in [7, 11) is 0. The molecule has 2 rings (SSSR count). The molecule has 1 aromatic rings. The fourth-order valence-electron chi connectivity index (χ4n) is 1.98. The second-order valence-corrected chi connectivity index (χ2v) is 4.91. The Morgan fingerprint density at radius 2 is 2.36 bits per heavy atom. The first-order chi connectivity index (χ1) is 6.86. The lowest BCUT2D eigenvalue weighted by Gasteiger charge is -2.16. The highest BCUT2D eigenvalue weighted by atomic mass is 32.1. The second kappa shape index (κ2) is 4.76. The Kier molecular flexibility index (Phi) is 3.38. The van der Waals surface area contributed by atoms with Gasteiger partial charge in [0.1, 0.15) is 0 Å². The first-order valence-corrected chi connectivity index (χ1v) is 6.21. The zero-order chi connectivity index (χ0) is 9.80. The summed E-state index contributed by atoms with van der Waals surface area (Å²) in [5, 5.41) is 2.10. The molecule has 0 radical (unpaired) electrons.